The zero-order valence-corrected chi connectivity index (χ0v) is 62.5. The summed E-state index contributed by atoms with van der Waals surface area (Å²) in [6.07, 6.45) is 0. The lowest BCUT2D eigenvalue weighted by Crippen LogP contribution is -2.43. The van der Waals surface area contributed by atoms with E-state index in [1.807, 2.05) is 243 Å². The molecule has 0 saturated heterocycles. The summed E-state index contributed by atoms with van der Waals surface area (Å²) in [4.78, 5) is 93.6. The van der Waals surface area contributed by atoms with Gasteiger partial charge in [0.1, 0.15) is 0 Å². The van der Waals surface area contributed by atoms with Crippen molar-refractivity contribution in [1.29, 1.82) is 0 Å². The molecule has 4 amide bonds. The fourth-order valence-electron chi connectivity index (χ4n) is 14.8. The summed E-state index contributed by atoms with van der Waals surface area (Å²) in [5.74, 6) is -2.42. The van der Waals surface area contributed by atoms with Crippen molar-refractivity contribution in [1.82, 2.24) is 0 Å². The zero-order valence-electron chi connectivity index (χ0n) is 62.5. The molecule has 16 aromatic rings. The Morgan fingerprint density at radius 2 is 0.293 bits per heavy atom. The third-order valence-electron chi connectivity index (χ3n) is 20.5. The van der Waals surface area contributed by atoms with Gasteiger partial charge in [0.05, 0.1) is 79.8 Å². The first-order valence-electron chi connectivity index (χ1n) is 38.1. The highest BCUT2D eigenvalue weighted by atomic mass is 16.2. The number of hydrogen-bond donors (Lipinski definition) is 0. The molecule has 0 atom stereocenters. The summed E-state index contributed by atoms with van der Waals surface area (Å²) < 4.78 is 0. The normalized spacial score (nSPS) is 12.0. The first kappa shape index (κ1) is 71.7. The third kappa shape index (κ3) is 14.8. The minimum absolute atomic E-state index is 0.175. The molecule has 2 heterocycles. The topological polar surface area (TPSA) is 149 Å². The maximum atomic E-state index is 15.0. The van der Waals surface area contributed by atoms with Crippen molar-refractivity contribution in [3.05, 3.63) is 502 Å². The largest absolute Gasteiger partial charge is 0.268 e. The van der Waals surface area contributed by atoms with Crippen molar-refractivity contribution in [2.75, 3.05) is 9.80 Å². The lowest BCUT2D eigenvalue weighted by atomic mass is 9.85. The lowest BCUT2D eigenvalue weighted by molar-refractivity contribution is 0.0873. The minimum atomic E-state index is -0.605. The number of anilines is 2. The Labute approximate surface area is 670 Å². The van der Waals surface area contributed by atoms with Gasteiger partial charge in [0.2, 0.25) is 0 Å². The molecule has 548 valence electrons. The monoisotopic (exact) mass is 1490 g/mol. The smallest absolute Gasteiger partial charge is 0.265 e. The third-order valence-corrected chi connectivity index (χ3v) is 20.5. The summed E-state index contributed by atoms with van der Waals surface area (Å²) in [5, 5.41) is 0.495. The van der Waals surface area contributed by atoms with Crippen LogP contribution in [0.15, 0.2) is 442 Å². The predicted molar refractivity (Wildman–Crippen MR) is 468 cm³/mol. The summed E-state index contributed by atoms with van der Waals surface area (Å²) >= 11 is 0. The zero-order chi connectivity index (χ0) is 78.3. The number of amides is 4. The SMILES string of the molecule is O=C1c2ccc3c4c(ccc(c24)C(=O)N1c1ccc(N=C(c2ccc(N=C(c4ccccc4)c4ccccc4)cc2)c2ccc(N=C(c4ccccc4)c4ccccc4)cc2)cc1)C(=O)N(c1ccc(N=C(c2ccc(N=C(c4ccccc4)c4ccccc4)cc2)c2ccc(N=C(c4ccccc4)c4ccccc4)cc2)cc1)C3=O. The molecule has 0 spiro atoms. The molecule has 0 N–H and O–H groups in total. The van der Waals surface area contributed by atoms with E-state index in [1.54, 1.807) is 72.8 Å². The molecule has 0 radical (unpaired) electrons. The van der Waals surface area contributed by atoms with E-state index in [1.165, 1.54) is 0 Å². The molecule has 2 aliphatic heterocycles. The average Bonchev–Trinajstić information content (AvgIpc) is 0.706. The molecule has 0 fully saturated rings. The van der Waals surface area contributed by atoms with Crippen LogP contribution in [0.4, 0.5) is 45.5 Å². The van der Waals surface area contributed by atoms with Crippen LogP contribution in [0.3, 0.4) is 0 Å². The average molecular weight is 1490 g/mol. The van der Waals surface area contributed by atoms with Crippen LogP contribution in [0.5, 0.6) is 0 Å². The van der Waals surface area contributed by atoms with Crippen molar-refractivity contribution < 1.29 is 19.2 Å². The highest BCUT2D eigenvalue weighted by Crippen LogP contribution is 2.42. The fraction of sp³-hybridized carbons (Fsp3) is 0. The summed E-state index contributed by atoms with van der Waals surface area (Å²) in [6.45, 7) is 0. The number of imide groups is 2. The van der Waals surface area contributed by atoms with Gasteiger partial charge in [-0.25, -0.2) is 39.8 Å². The highest BCUT2D eigenvalue weighted by molar-refractivity contribution is 6.42. The standard InChI is InChI=1S/C104H68N8O4/c113-101-89-65-67-91-94-92(104(116)112(103(91)115)88-63-59-86(60-64-88)110-100(79-45-53-83(54-46-79)107-97(73-33-17-5-18-34-73)74-35-19-6-20-36-74)80-47-55-84(56-48-80)108-98(75-37-21-7-22-38-75)76-39-23-8-24-40-76)68-66-90(93(89)94)102(114)111(101)87-61-57-85(58-62-87)109-99(77-41-49-81(50-42-77)105-95(69-25-9-1-10-26-69)70-27-11-2-12-28-70)78-43-51-82(52-44-78)106-96(71-29-13-3-14-30-71)72-31-15-4-16-32-72/h1-68H. The maximum Gasteiger partial charge on any atom is 0.265 e. The Morgan fingerprint density at radius 1 is 0.155 bits per heavy atom. The summed E-state index contributed by atoms with van der Waals surface area (Å²) in [5.41, 5.74) is 21.3. The number of rotatable bonds is 20. The first-order valence-corrected chi connectivity index (χ1v) is 38.1. The Hall–Kier alpha value is -15.9. The van der Waals surface area contributed by atoms with E-state index in [0.29, 0.717) is 34.2 Å². The van der Waals surface area contributed by atoms with Gasteiger partial charge in [0.25, 0.3) is 23.6 Å². The number of carbonyl (C=O) groups excluding carboxylic acids is 4. The van der Waals surface area contributed by atoms with Crippen molar-refractivity contribution >= 4 is 114 Å². The molecule has 116 heavy (non-hydrogen) atoms. The fourth-order valence-corrected chi connectivity index (χ4v) is 14.8. The van der Waals surface area contributed by atoms with Crippen LogP contribution in [0.2, 0.25) is 0 Å². The molecular formula is C104H68N8O4. The molecule has 0 saturated carbocycles. The number of nitrogens with zero attached hydrogens (tertiary/aromatic N) is 8. The molecule has 18 rings (SSSR count). The van der Waals surface area contributed by atoms with Crippen LogP contribution in [-0.4, -0.2) is 57.9 Å². The Kier molecular flexibility index (Phi) is 19.9. The molecule has 16 aromatic carbocycles. The molecule has 2 aliphatic rings. The van der Waals surface area contributed by atoms with Crippen molar-refractivity contribution in [3.63, 3.8) is 0 Å². The Balaban J connectivity index is 0.637. The van der Waals surface area contributed by atoms with Crippen LogP contribution in [0, 0.1) is 0 Å². The first-order chi connectivity index (χ1) is 57.2. The van der Waals surface area contributed by atoms with Crippen LogP contribution in [0.1, 0.15) is 108 Å². The Bertz CT molecular complexity index is 5670. The van der Waals surface area contributed by atoms with Crippen molar-refractivity contribution in [2.45, 2.75) is 0 Å². The van der Waals surface area contributed by atoms with Crippen molar-refractivity contribution in [3.8, 4) is 0 Å². The van der Waals surface area contributed by atoms with Gasteiger partial charge in [-0.2, -0.15) is 0 Å². The molecule has 12 nitrogen and oxygen atoms in total. The molecule has 0 unspecified atom stereocenters. The minimum Gasteiger partial charge on any atom is -0.268 e. The van der Waals surface area contributed by atoms with Crippen LogP contribution >= 0.6 is 0 Å². The van der Waals surface area contributed by atoms with Gasteiger partial charge in [0.15, 0.2) is 0 Å². The number of carbonyl (C=O) groups is 4. The van der Waals surface area contributed by atoms with E-state index in [0.717, 1.165) is 122 Å². The van der Waals surface area contributed by atoms with E-state index in [9.17, 15) is 19.2 Å². The maximum absolute atomic E-state index is 15.0. The van der Waals surface area contributed by atoms with Gasteiger partial charge in [-0.05, 0) is 121 Å². The summed E-state index contributed by atoms with van der Waals surface area (Å²) in [6, 6.07) is 133. The second-order valence-corrected chi connectivity index (χ2v) is 27.9. The van der Waals surface area contributed by atoms with Crippen LogP contribution < -0.4 is 9.80 Å². The molecule has 12 heteroatoms. The molecule has 0 aliphatic carbocycles. The van der Waals surface area contributed by atoms with E-state index in [-0.39, 0.29) is 33.0 Å². The highest BCUT2D eigenvalue weighted by Gasteiger charge is 2.41. The number of aliphatic imine (C=N–C) groups is 6. The van der Waals surface area contributed by atoms with E-state index in [2.05, 4.69) is 97.1 Å². The van der Waals surface area contributed by atoms with Gasteiger partial charge in [-0.1, -0.05) is 291 Å². The number of benzene rings is 16. The van der Waals surface area contributed by atoms with Crippen LogP contribution in [-0.2, 0) is 0 Å². The number of hydrogen-bond acceptors (Lipinski definition) is 10. The second-order valence-electron chi connectivity index (χ2n) is 27.9. The summed E-state index contributed by atoms with van der Waals surface area (Å²) in [7, 11) is 0. The predicted octanol–water partition coefficient (Wildman–Crippen LogP) is 23.5. The van der Waals surface area contributed by atoms with Gasteiger partial charge in [0, 0.05) is 99.8 Å². The second kappa shape index (κ2) is 32.2. The molecular weight excluding hydrogens is 1430 g/mol. The molecule has 0 aromatic heterocycles. The van der Waals surface area contributed by atoms with E-state index >= 15 is 0 Å². The van der Waals surface area contributed by atoms with E-state index < -0.39 is 23.6 Å². The van der Waals surface area contributed by atoms with Gasteiger partial charge >= 0.3 is 0 Å². The van der Waals surface area contributed by atoms with Gasteiger partial charge in [-0.3, -0.25) is 19.2 Å². The quantitative estimate of drug-likeness (QED) is 0.0551. The van der Waals surface area contributed by atoms with Gasteiger partial charge < -0.3 is 0 Å². The van der Waals surface area contributed by atoms with Crippen LogP contribution in [0.25, 0.3) is 10.8 Å². The van der Waals surface area contributed by atoms with Crippen molar-refractivity contribution in [2.24, 2.45) is 30.0 Å². The Morgan fingerprint density at radius 3 is 0.448 bits per heavy atom. The van der Waals surface area contributed by atoms with E-state index in [4.69, 9.17) is 30.0 Å². The molecule has 0 bridgehead atoms. The lowest BCUT2D eigenvalue weighted by Gasteiger charge is -2.32. The van der Waals surface area contributed by atoms with Gasteiger partial charge in [-0.15, -0.1) is 0 Å².